The number of aromatic nitrogens is 2. The Morgan fingerprint density at radius 3 is 1.52 bits per heavy atom. The van der Waals surface area contributed by atoms with Gasteiger partial charge in [0.05, 0.1) is 0 Å². The van der Waals surface area contributed by atoms with E-state index in [0.717, 1.165) is 66.1 Å². The zero-order chi connectivity index (χ0) is 30.0. The first-order valence-electron chi connectivity index (χ1n) is 14.4. The highest BCUT2D eigenvalue weighted by Crippen LogP contribution is 2.45. The zero-order valence-electron chi connectivity index (χ0n) is 24.2. The van der Waals surface area contributed by atoms with Crippen LogP contribution in [0.15, 0.2) is 152 Å². The first-order chi connectivity index (χ1) is 21.6. The van der Waals surface area contributed by atoms with Crippen molar-refractivity contribution in [2.75, 3.05) is 0 Å². The fraction of sp³-hybridized carbons (Fsp3) is 0.0250. The van der Waals surface area contributed by atoms with Crippen LogP contribution in [0.2, 0.25) is 0 Å². The van der Waals surface area contributed by atoms with Gasteiger partial charge in [0, 0.05) is 30.4 Å². The maximum absolute atomic E-state index is 12.5. The summed E-state index contributed by atoms with van der Waals surface area (Å²) in [7, 11) is 0. The molecule has 0 spiro atoms. The van der Waals surface area contributed by atoms with Gasteiger partial charge >= 0.3 is 5.97 Å². The van der Waals surface area contributed by atoms with Gasteiger partial charge in [0.25, 0.3) is 0 Å². The summed E-state index contributed by atoms with van der Waals surface area (Å²) in [6.45, 7) is 5.42. The number of carbonyl (C=O) groups is 1. The lowest BCUT2D eigenvalue weighted by atomic mass is 9.85. The molecule has 0 saturated carbocycles. The van der Waals surface area contributed by atoms with Crippen LogP contribution < -0.4 is 4.74 Å². The quantitative estimate of drug-likeness (QED) is 0.0867. The van der Waals surface area contributed by atoms with Crippen molar-refractivity contribution in [3.05, 3.63) is 152 Å². The van der Waals surface area contributed by atoms with Gasteiger partial charge < -0.3 is 4.74 Å². The van der Waals surface area contributed by atoms with Crippen LogP contribution in [0.5, 0.6) is 5.75 Å². The SMILES string of the molecule is C=C(C)C(=O)Oc1ccc2c(-c3cccc(-c4ccncc4)c3)c3ccccc3c(-c3cccc(-c4ccncc4)c3)c2c1. The molecule has 2 heterocycles. The first-order valence-corrected chi connectivity index (χ1v) is 14.4. The van der Waals surface area contributed by atoms with Gasteiger partial charge in [-0.2, -0.15) is 0 Å². The number of benzene rings is 5. The fourth-order valence-corrected chi connectivity index (χ4v) is 5.83. The second-order valence-corrected chi connectivity index (χ2v) is 10.8. The van der Waals surface area contributed by atoms with Crippen molar-refractivity contribution in [2.24, 2.45) is 0 Å². The molecule has 0 aliphatic carbocycles. The second kappa shape index (κ2) is 11.4. The topological polar surface area (TPSA) is 52.1 Å². The summed E-state index contributed by atoms with van der Waals surface area (Å²) in [5.41, 5.74) is 9.13. The Hall–Kier alpha value is -5.87. The van der Waals surface area contributed by atoms with Crippen LogP contribution in [0.25, 0.3) is 66.1 Å². The predicted octanol–water partition coefficient (Wildman–Crippen LogP) is 9.93. The number of rotatable bonds is 6. The molecule has 0 radical (unpaired) electrons. The Morgan fingerprint density at radius 2 is 1.00 bits per heavy atom. The van der Waals surface area contributed by atoms with Gasteiger partial charge in [0.2, 0.25) is 0 Å². The molecule has 5 aromatic carbocycles. The molecule has 7 rings (SSSR count). The van der Waals surface area contributed by atoms with Crippen LogP contribution in [-0.2, 0) is 4.79 Å². The Bertz CT molecular complexity index is 2190. The molecule has 0 saturated heterocycles. The smallest absolute Gasteiger partial charge is 0.338 e. The zero-order valence-corrected chi connectivity index (χ0v) is 24.2. The molecule has 0 unspecified atom stereocenters. The van der Waals surface area contributed by atoms with Gasteiger partial charge in [-0.1, -0.05) is 73.3 Å². The molecule has 2 aromatic heterocycles. The average Bonchev–Trinajstić information content (AvgIpc) is 3.08. The van der Waals surface area contributed by atoms with Crippen LogP contribution in [0.4, 0.5) is 0 Å². The van der Waals surface area contributed by atoms with Gasteiger partial charge in [0.1, 0.15) is 5.75 Å². The molecule has 4 heteroatoms. The molecule has 210 valence electrons. The second-order valence-electron chi connectivity index (χ2n) is 10.8. The highest BCUT2D eigenvalue weighted by molar-refractivity contribution is 6.22. The molecule has 4 nitrogen and oxygen atoms in total. The maximum atomic E-state index is 12.5. The fourth-order valence-electron chi connectivity index (χ4n) is 5.83. The summed E-state index contributed by atoms with van der Waals surface area (Å²) in [4.78, 5) is 20.9. The number of nitrogens with zero attached hydrogens (tertiary/aromatic N) is 2. The molecule has 0 aliphatic heterocycles. The third-order valence-electron chi connectivity index (χ3n) is 7.88. The standard InChI is InChI=1S/C40H28N2O2/c1-26(2)40(43)44-33-13-14-36-37(25-33)39(32-10-6-8-30(24-32)28-17-21-42-22-18-28)35-12-4-3-11-34(35)38(36)31-9-5-7-29(23-31)27-15-19-41-20-16-27/h3-25H,1H2,2H3. The molecule has 0 fully saturated rings. The van der Waals surface area contributed by atoms with Crippen molar-refractivity contribution in [1.82, 2.24) is 9.97 Å². The van der Waals surface area contributed by atoms with E-state index in [1.54, 1.807) is 6.92 Å². The number of hydrogen-bond donors (Lipinski definition) is 0. The lowest BCUT2D eigenvalue weighted by Gasteiger charge is -2.19. The van der Waals surface area contributed by atoms with Crippen molar-refractivity contribution >= 4 is 27.5 Å². The molecule has 0 atom stereocenters. The summed E-state index contributed by atoms with van der Waals surface area (Å²) < 4.78 is 5.75. The molecular weight excluding hydrogens is 540 g/mol. The Balaban J connectivity index is 1.53. The average molecular weight is 569 g/mol. The predicted molar refractivity (Wildman–Crippen MR) is 179 cm³/mol. The van der Waals surface area contributed by atoms with E-state index in [-0.39, 0.29) is 0 Å². The van der Waals surface area contributed by atoms with Crippen molar-refractivity contribution < 1.29 is 9.53 Å². The molecule has 44 heavy (non-hydrogen) atoms. The minimum atomic E-state index is -0.448. The minimum absolute atomic E-state index is 0.350. The van der Waals surface area contributed by atoms with Crippen molar-refractivity contribution in [3.63, 3.8) is 0 Å². The lowest BCUT2D eigenvalue weighted by molar-refractivity contribution is -0.130. The van der Waals surface area contributed by atoms with E-state index in [0.29, 0.717) is 11.3 Å². The van der Waals surface area contributed by atoms with E-state index in [9.17, 15) is 4.79 Å². The van der Waals surface area contributed by atoms with Crippen molar-refractivity contribution in [1.29, 1.82) is 0 Å². The third kappa shape index (κ3) is 5.03. The van der Waals surface area contributed by atoms with E-state index in [1.165, 1.54) is 0 Å². The molecule has 0 N–H and O–H groups in total. The highest BCUT2D eigenvalue weighted by Gasteiger charge is 2.19. The number of hydrogen-bond acceptors (Lipinski definition) is 4. The number of esters is 1. The third-order valence-corrected chi connectivity index (χ3v) is 7.88. The molecule has 0 aliphatic rings. The van der Waals surface area contributed by atoms with E-state index >= 15 is 0 Å². The molecule has 7 aromatic rings. The van der Waals surface area contributed by atoms with Gasteiger partial charge in [0.15, 0.2) is 0 Å². The van der Waals surface area contributed by atoms with E-state index in [1.807, 2.05) is 61.2 Å². The Labute approximate surface area is 256 Å². The Kier molecular flexibility index (Phi) is 7.01. The van der Waals surface area contributed by atoms with Crippen molar-refractivity contribution in [2.45, 2.75) is 6.92 Å². The van der Waals surface area contributed by atoms with Gasteiger partial charge in [-0.15, -0.1) is 0 Å². The Morgan fingerprint density at radius 1 is 0.523 bits per heavy atom. The maximum Gasteiger partial charge on any atom is 0.338 e. The molecule has 0 amide bonds. The summed E-state index contributed by atoms with van der Waals surface area (Å²) in [5, 5.41) is 4.31. The number of fused-ring (bicyclic) bond motifs is 2. The first kappa shape index (κ1) is 27.0. The highest BCUT2D eigenvalue weighted by atomic mass is 16.5. The van der Waals surface area contributed by atoms with Crippen molar-refractivity contribution in [3.8, 4) is 50.3 Å². The molecule has 0 bridgehead atoms. The summed E-state index contributed by atoms with van der Waals surface area (Å²) in [5.74, 6) is 0.0282. The van der Waals surface area contributed by atoms with Crippen LogP contribution in [0.1, 0.15) is 6.92 Å². The summed E-state index contributed by atoms with van der Waals surface area (Å²) in [6, 6.07) is 39.7. The van der Waals surface area contributed by atoms with E-state index < -0.39 is 5.97 Å². The summed E-state index contributed by atoms with van der Waals surface area (Å²) >= 11 is 0. The van der Waals surface area contributed by atoms with Crippen LogP contribution in [0.3, 0.4) is 0 Å². The number of pyridine rings is 2. The monoisotopic (exact) mass is 568 g/mol. The van der Waals surface area contributed by atoms with E-state index in [4.69, 9.17) is 4.74 Å². The van der Waals surface area contributed by atoms with Crippen LogP contribution >= 0.6 is 0 Å². The number of ether oxygens (including phenoxy) is 1. The largest absolute Gasteiger partial charge is 0.423 e. The van der Waals surface area contributed by atoms with Crippen LogP contribution in [-0.4, -0.2) is 15.9 Å². The number of carbonyl (C=O) groups excluding carboxylic acids is 1. The summed E-state index contributed by atoms with van der Waals surface area (Å²) in [6.07, 6.45) is 7.25. The van der Waals surface area contributed by atoms with Gasteiger partial charge in [-0.3, -0.25) is 9.97 Å². The molecular formula is C40H28N2O2. The van der Waals surface area contributed by atoms with Gasteiger partial charge in [-0.05, 0) is 122 Å². The van der Waals surface area contributed by atoms with E-state index in [2.05, 4.69) is 95.4 Å². The van der Waals surface area contributed by atoms with Gasteiger partial charge in [-0.25, -0.2) is 4.79 Å². The normalized spacial score (nSPS) is 11.0. The van der Waals surface area contributed by atoms with Crippen LogP contribution in [0, 0.1) is 0 Å². The lowest BCUT2D eigenvalue weighted by Crippen LogP contribution is -2.08. The minimum Gasteiger partial charge on any atom is -0.423 e.